The molecule has 0 saturated carbocycles. The molecule has 0 aliphatic rings. The summed E-state index contributed by atoms with van der Waals surface area (Å²) in [6.07, 6.45) is 2.78. The van der Waals surface area contributed by atoms with Crippen LogP contribution in [0.4, 0.5) is 5.69 Å². The maximum atomic E-state index is 12.8. The number of amides is 1. The van der Waals surface area contributed by atoms with E-state index < -0.39 is 17.2 Å². The third kappa shape index (κ3) is 7.18. The Bertz CT molecular complexity index is 1860. The molecule has 2 aromatic heterocycles. The molecule has 0 spiro atoms. The lowest BCUT2D eigenvalue weighted by molar-refractivity contribution is -0.116. The van der Waals surface area contributed by atoms with Gasteiger partial charge in [-0.05, 0) is 42.7 Å². The van der Waals surface area contributed by atoms with Gasteiger partial charge < -0.3 is 9.88 Å². The molecule has 0 saturated heterocycles. The van der Waals surface area contributed by atoms with Gasteiger partial charge in [-0.2, -0.15) is 0 Å². The van der Waals surface area contributed by atoms with Crippen molar-refractivity contribution in [2.24, 2.45) is 7.05 Å². The molecule has 41 heavy (non-hydrogen) atoms. The number of benzene rings is 2. The van der Waals surface area contributed by atoms with E-state index in [4.69, 9.17) is 11.6 Å². The van der Waals surface area contributed by atoms with E-state index in [-0.39, 0.29) is 35.9 Å². The van der Waals surface area contributed by atoms with Gasteiger partial charge in [0.2, 0.25) is 5.91 Å². The third-order valence-electron chi connectivity index (χ3n) is 6.41. The summed E-state index contributed by atoms with van der Waals surface area (Å²) < 4.78 is 3.46. The summed E-state index contributed by atoms with van der Waals surface area (Å²) >= 11 is 6.42. The van der Waals surface area contributed by atoms with Crippen LogP contribution in [0.25, 0.3) is 0 Å². The molecule has 0 aliphatic carbocycles. The number of nitrogens with one attached hydrogen (secondary N) is 1. The van der Waals surface area contributed by atoms with Gasteiger partial charge in [0.25, 0.3) is 11.1 Å². The van der Waals surface area contributed by atoms with Gasteiger partial charge >= 0.3 is 5.69 Å². The van der Waals surface area contributed by atoms with E-state index in [1.165, 1.54) is 17.7 Å². The van der Waals surface area contributed by atoms with E-state index in [1.807, 2.05) is 37.3 Å². The first-order valence-electron chi connectivity index (χ1n) is 12.7. The highest BCUT2D eigenvalue weighted by atomic mass is 35.5. The minimum absolute atomic E-state index is 0.130. The smallest absolute Gasteiger partial charge is 0.319 e. The molecule has 0 fully saturated rings. The van der Waals surface area contributed by atoms with E-state index in [9.17, 15) is 24.0 Å². The predicted octanol–water partition coefficient (Wildman–Crippen LogP) is 3.15. The number of anilines is 1. The fraction of sp³-hybridized carbons (Fsp3) is 0.194. The van der Waals surface area contributed by atoms with Gasteiger partial charge in [0.1, 0.15) is 17.1 Å². The van der Waals surface area contributed by atoms with E-state index in [0.29, 0.717) is 23.8 Å². The summed E-state index contributed by atoms with van der Waals surface area (Å²) in [6.45, 7) is 2.13. The number of hydrogen-bond donors (Lipinski definition) is 1. The largest absolute Gasteiger partial charge is 0.332 e. The van der Waals surface area contributed by atoms with E-state index in [1.54, 1.807) is 30.5 Å². The summed E-state index contributed by atoms with van der Waals surface area (Å²) in [6, 6.07) is 17.8. The van der Waals surface area contributed by atoms with Crippen LogP contribution in [-0.2, 0) is 31.4 Å². The van der Waals surface area contributed by atoms with Crippen LogP contribution in [0.3, 0.4) is 0 Å². The first-order valence-corrected chi connectivity index (χ1v) is 13.1. The molecule has 9 nitrogen and oxygen atoms in total. The summed E-state index contributed by atoms with van der Waals surface area (Å²) in [7, 11) is 1.31. The van der Waals surface area contributed by atoms with Crippen LogP contribution in [0.1, 0.15) is 39.0 Å². The number of carbonyl (C=O) groups is 2. The number of rotatable bonds is 8. The molecule has 0 bridgehead atoms. The standard InChI is InChI=1S/C31H27ClN4O5/c1-21-8-10-22(11-9-21)12-13-26(38)33-28-29(32)36(31(41)34(2)30(28)40)15-4-7-23-5-3-6-24(17-23)19-35-16-14-25(20-37)18-27(35)39/h3,5-6,8-11,14,16-18,20H,12-13,15,19H2,1-2H3,(H,33,38). The molecule has 0 aliphatic heterocycles. The number of halogens is 1. The molecular weight excluding hydrogens is 544 g/mol. The van der Waals surface area contributed by atoms with Gasteiger partial charge in [-0.3, -0.25) is 28.3 Å². The average molecular weight is 571 g/mol. The van der Waals surface area contributed by atoms with Crippen molar-refractivity contribution < 1.29 is 9.59 Å². The lowest BCUT2D eigenvalue weighted by atomic mass is 10.1. The molecule has 1 amide bonds. The Labute approximate surface area is 240 Å². The van der Waals surface area contributed by atoms with E-state index in [2.05, 4.69) is 17.2 Å². The van der Waals surface area contributed by atoms with Gasteiger partial charge in [0.05, 0.1) is 13.1 Å². The fourth-order valence-electron chi connectivity index (χ4n) is 4.09. The SMILES string of the molecule is Cc1ccc(CCC(=O)Nc2c(Cl)n(CC#Cc3cccc(Cn4ccc(C=O)cc4=O)c3)c(=O)n(C)c2=O)cc1. The molecule has 2 heterocycles. The van der Waals surface area contributed by atoms with Crippen molar-refractivity contribution in [2.75, 3.05) is 5.32 Å². The first kappa shape index (κ1) is 29.1. The molecule has 4 aromatic rings. The van der Waals surface area contributed by atoms with E-state index >= 15 is 0 Å². The Balaban J connectivity index is 1.50. The number of aromatic nitrogens is 3. The first-order chi connectivity index (χ1) is 19.7. The molecule has 10 heteroatoms. The second-order valence-electron chi connectivity index (χ2n) is 9.48. The van der Waals surface area contributed by atoms with Crippen molar-refractivity contribution in [3.63, 3.8) is 0 Å². The topological polar surface area (TPSA) is 112 Å². The van der Waals surface area contributed by atoms with Crippen LogP contribution < -0.4 is 22.1 Å². The molecule has 208 valence electrons. The number of carbonyl (C=O) groups excluding carboxylic acids is 2. The van der Waals surface area contributed by atoms with Crippen LogP contribution in [0, 0.1) is 18.8 Å². The lowest BCUT2D eigenvalue weighted by Crippen LogP contribution is -2.40. The minimum Gasteiger partial charge on any atom is -0.319 e. The predicted molar refractivity (Wildman–Crippen MR) is 158 cm³/mol. The zero-order chi connectivity index (χ0) is 29.5. The highest BCUT2D eigenvalue weighted by Crippen LogP contribution is 2.16. The zero-order valence-corrected chi connectivity index (χ0v) is 23.3. The highest BCUT2D eigenvalue weighted by molar-refractivity contribution is 6.32. The van der Waals surface area contributed by atoms with E-state index in [0.717, 1.165) is 25.8 Å². The summed E-state index contributed by atoms with van der Waals surface area (Å²) in [5.74, 6) is 5.45. The number of hydrogen-bond acceptors (Lipinski definition) is 5. The monoisotopic (exact) mass is 570 g/mol. The van der Waals surface area contributed by atoms with Crippen LogP contribution >= 0.6 is 11.6 Å². The summed E-state index contributed by atoms with van der Waals surface area (Å²) in [5.41, 5.74) is 2.00. The van der Waals surface area contributed by atoms with Gasteiger partial charge in [0, 0.05) is 36.9 Å². The summed E-state index contributed by atoms with van der Waals surface area (Å²) in [5, 5.41) is 2.35. The van der Waals surface area contributed by atoms with Crippen molar-refractivity contribution in [3.8, 4) is 11.8 Å². The summed E-state index contributed by atoms with van der Waals surface area (Å²) in [4.78, 5) is 61.2. The molecule has 2 aromatic carbocycles. The molecule has 1 N–H and O–H groups in total. The highest BCUT2D eigenvalue weighted by Gasteiger charge is 2.18. The Kier molecular flexibility index (Phi) is 9.17. The second kappa shape index (κ2) is 12.9. The molecule has 0 radical (unpaired) electrons. The molecule has 0 unspecified atom stereocenters. The third-order valence-corrected chi connectivity index (χ3v) is 6.80. The van der Waals surface area contributed by atoms with Gasteiger partial charge in [-0.25, -0.2) is 4.79 Å². The quantitative estimate of drug-likeness (QED) is 0.199. The average Bonchev–Trinajstić information content (AvgIpc) is 2.97. The van der Waals surface area contributed by atoms with Crippen molar-refractivity contribution >= 4 is 29.5 Å². The normalized spacial score (nSPS) is 10.5. The Morgan fingerprint density at radius 1 is 1.02 bits per heavy atom. The number of nitrogens with zero attached hydrogens (tertiary/aromatic N) is 3. The zero-order valence-electron chi connectivity index (χ0n) is 22.5. The van der Waals surface area contributed by atoms with Crippen molar-refractivity contribution in [2.45, 2.75) is 32.9 Å². The number of aryl methyl sites for hydroxylation is 2. The molecule has 0 atom stereocenters. The Morgan fingerprint density at radius 3 is 2.49 bits per heavy atom. The number of aldehydes is 1. The van der Waals surface area contributed by atoms with Gasteiger partial charge in [-0.1, -0.05) is 65.4 Å². The van der Waals surface area contributed by atoms with Gasteiger partial charge in [0.15, 0.2) is 0 Å². The van der Waals surface area contributed by atoms with Crippen LogP contribution in [0.2, 0.25) is 5.15 Å². The van der Waals surface area contributed by atoms with Crippen LogP contribution in [-0.4, -0.2) is 25.9 Å². The van der Waals surface area contributed by atoms with Crippen LogP contribution in [0.15, 0.2) is 81.2 Å². The maximum absolute atomic E-state index is 12.8. The van der Waals surface area contributed by atoms with Gasteiger partial charge in [-0.15, -0.1) is 0 Å². The van der Waals surface area contributed by atoms with Crippen molar-refractivity contribution in [3.05, 3.63) is 131 Å². The Hall–Kier alpha value is -4.94. The minimum atomic E-state index is -0.711. The van der Waals surface area contributed by atoms with Crippen molar-refractivity contribution in [1.82, 2.24) is 13.7 Å². The lowest BCUT2D eigenvalue weighted by Gasteiger charge is -2.13. The molecular formula is C31H27ClN4O5. The fourth-order valence-corrected chi connectivity index (χ4v) is 4.35. The number of pyridine rings is 1. The molecule has 4 rings (SSSR count). The second-order valence-corrected chi connectivity index (χ2v) is 9.84. The van der Waals surface area contributed by atoms with Crippen LogP contribution in [0.5, 0.6) is 0 Å². The maximum Gasteiger partial charge on any atom is 0.332 e. The van der Waals surface area contributed by atoms with Crippen molar-refractivity contribution in [1.29, 1.82) is 0 Å². The Morgan fingerprint density at radius 2 is 1.78 bits per heavy atom.